The summed E-state index contributed by atoms with van der Waals surface area (Å²) in [6.45, 7) is 11.2. The lowest BCUT2D eigenvalue weighted by Gasteiger charge is -2.36. The van der Waals surface area contributed by atoms with Crippen LogP contribution in [-0.2, 0) is 22.0 Å². The van der Waals surface area contributed by atoms with Gasteiger partial charge in [-0.25, -0.2) is 0 Å². The molecule has 0 aliphatic heterocycles. The lowest BCUT2D eigenvalue weighted by Crippen LogP contribution is -2.41. The molecule has 0 heterocycles. The minimum absolute atomic E-state index is 0.0435. The van der Waals surface area contributed by atoms with Gasteiger partial charge in [-0.05, 0) is 50.0 Å². The molecule has 0 unspecified atom stereocenters. The van der Waals surface area contributed by atoms with Crippen molar-refractivity contribution in [3.8, 4) is 0 Å². The fourth-order valence-corrected chi connectivity index (χ4v) is 3.91. The molecule has 3 heteroatoms. The van der Waals surface area contributed by atoms with Crippen LogP contribution in [0, 0.1) is 5.41 Å². The van der Waals surface area contributed by atoms with Crippen LogP contribution in [0.15, 0.2) is 60.7 Å². The van der Waals surface area contributed by atoms with Crippen LogP contribution >= 0.6 is 0 Å². The first-order chi connectivity index (χ1) is 12.4. The summed E-state index contributed by atoms with van der Waals surface area (Å²) >= 11 is 0. The third-order valence-electron chi connectivity index (χ3n) is 4.41. The fraction of sp³-hybridized carbons (Fsp3) is 0.478. The molecule has 26 heavy (non-hydrogen) atoms. The molecule has 0 aliphatic carbocycles. The Kier molecular flexibility index (Phi) is 8.07. The van der Waals surface area contributed by atoms with Crippen molar-refractivity contribution < 1.29 is 9.16 Å². The molecule has 0 radical (unpaired) electrons. The quantitative estimate of drug-likeness (QED) is 0.371. The van der Waals surface area contributed by atoms with Gasteiger partial charge in [-0.1, -0.05) is 67.6 Å². The van der Waals surface area contributed by atoms with Crippen molar-refractivity contribution >= 4 is 8.32 Å². The van der Waals surface area contributed by atoms with Gasteiger partial charge < -0.3 is 9.16 Å². The summed E-state index contributed by atoms with van der Waals surface area (Å²) < 4.78 is 12.5. The molecule has 0 saturated heterocycles. The average Bonchev–Trinajstić information content (AvgIpc) is 2.61. The molecule has 0 N–H and O–H groups in total. The van der Waals surface area contributed by atoms with Crippen LogP contribution in [0.2, 0.25) is 19.6 Å². The summed E-state index contributed by atoms with van der Waals surface area (Å²) in [5.41, 5.74) is 2.66. The highest BCUT2D eigenvalue weighted by Crippen LogP contribution is 2.31. The zero-order chi connectivity index (χ0) is 18.9. The van der Waals surface area contributed by atoms with Gasteiger partial charge in [0.1, 0.15) is 0 Å². The summed E-state index contributed by atoms with van der Waals surface area (Å²) in [5, 5.41) is 0. The minimum Gasteiger partial charge on any atom is -0.417 e. The van der Waals surface area contributed by atoms with E-state index < -0.39 is 8.32 Å². The van der Waals surface area contributed by atoms with Crippen LogP contribution in [0.3, 0.4) is 0 Å². The Morgan fingerprint density at radius 1 is 0.769 bits per heavy atom. The van der Waals surface area contributed by atoms with Crippen molar-refractivity contribution in [3.63, 3.8) is 0 Å². The van der Waals surface area contributed by atoms with Gasteiger partial charge in [0.15, 0.2) is 8.32 Å². The number of hydrogen-bond acceptors (Lipinski definition) is 2. The number of benzene rings is 2. The lowest BCUT2D eigenvalue weighted by molar-refractivity contribution is 0.0113. The third-order valence-corrected chi connectivity index (χ3v) is 5.42. The molecule has 2 rings (SSSR count). The lowest BCUT2D eigenvalue weighted by atomic mass is 9.78. The first-order valence-corrected chi connectivity index (χ1v) is 13.1. The van der Waals surface area contributed by atoms with Crippen LogP contribution in [0.4, 0.5) is 0 Å². The van der Waals surface area contributed by atoms with Gasteiger partial charge >= 0.3 is 0 Å². The maximum atomic E-state index is 6.43. The molecule has 2 aromatic rings. The highest BCUT2D eigenvalue weighted by molar-refractivity contribution is 6.69. The van der Waals surface area contributed by atoms with Crippen molar-refractivity contribution in [2.75, 3.05) is 19.8 Å². The Balaban J connectivity index is 2.28. The van der Waals surface area contributed by atoms with Crippen molar-refractivity contribution in [3.05, 3.63) is 71.8 Å². The van der Waals surface area contributed by atoms with E-state index in [1.165, 1.54) is 11.1 Å². The Morgan fingerprint density at radius 2 is 1.27 bits per heavy atom. The number of ether oxygens (including phenoxy) is 1. The normalized spacial score (nSPS) is 12.3. The summed E-state index contributed by atoms with van der Waals surface area (Å²) in [7, 11) is -1.60. The van der Waals surface area contributed by atoms with E-state index in [-0.39, 0.29) is 5.41 Å². The zero-order valence-electron chi connectivity index (χ0n) is 16.8. The molecule has 0 saturated carbocycles. The molecular weight excluding hydrogens is 336 g/mol. The monoisotopic (exact) mass is 370 g/mol. The molecule has 0 spiro atoms. The standard InChI is InChI=1S/C23H34O2Si/c1-5-16-24-19-23(20-25-26(2,3)4,17-21-12-8-6-9-13-21)18-22-14-10-7-11-15-22/h6-15H,5,16-20H2,1-4H3. The summed E-state index contributed by atoms with van der Waals surface area (Å²) in [4.78, 5) is 0. The van der Waals surface area contributed by atoms with Gasteiger partial charge in [0.25, 0.3) is 0 Å². The molecule has 0 fully saturated rings. The highest BCUT2D eigenvalue weighted by atomic mass is 28.4. The van der Waals surface area contributed by atoms with E-state index in [1.807, 2.05) is 0 Å². The maximum Gasteiger partial charge on any atom is 0.183 e. The topological polar surface area (TPSA) is 18.5 Å². The first kappa shape index (κ1) is 20.9. The smallest absolute Gasteiger partial charge is 0.183 e. The van der Waals surface area contributed by atoms with Gasteiger partial charge in [-0.2, -0.15) is 0 Å². The van der Waals surface area contributed by atoms with Crippen molar-refractivity contribution in [1.29, 1.82) is 0 Å². The SMILES string of the molecule is CCCOCC(CO[Si](C)(C)C)(Cc1ccccc1)Cc1ccccc1. The third kappa shape index (κ3) is 7.44. The van der Waals surface area contributed by atoms with Gasteiger partial charge in [-0.3, -0.25) is 0 Å². The van der Waals surface area contributed by atoms with E-state index >= 15 is 0 Å². The van der Waals surface area contributed by atoms with E-state index in [0.717, 1.165) is 39.1 Å². The number of rotatable bonds is 11. The largest absolute Gasteiger partial charge is 0.417 e. The van der Waals surface area contributed by atoms with Gasteiger partial charge in [0.2, 0.25) is 0 Å². The highest BCUT2D eigenvalue weighted by Gasteiger charge is 2.33. The van der Waals surface area contributed by atoms with E-state index in [9.17, 15) is 0 Å². The molecule has 0 atom stereocenters. The van der Waals surface area contributed by atoms with E-state index in [0.29, 0.717) is 0 Å². The second kappa shape index (κ2) is 10.1. The summed E-state index contributed by atoms with van der Waals surface area (Å²) in [6, 6.07) is 21.5. The molecular formula is C23H34O2Si. The summed E-state index contributed by atoms with van der Waals surface area (Å²) in [5.74, 6) is 0. The molecule has 0 amide bonds. The van der Waals surface area contributed by atoms with Crippen molar-refractivity contribution in [1.82, 2.24) is 0 Å². The van der Waals surface area contributed by atoms with E-state index in [4.69, 9.17) is 9.16 Å². The summed E-state index contributed by atoms with van der Waals surface area (Å²) in [6.07, 6.45) is 2.98. The van der Waals surface area contributed by atoms with E-state index in [2.05, 4.69) is 87.2 Å². The molecule has 0 aliphatic rings. The van der Waals surface area contributed by atoms with Crippen molar-refractivity contribution in [2.24, 2.45) is 5.41 Å². The van der Waals surface area contributed by atoms with Crippen LogP contribution in [0.25, 0.3) is 0 Å². The van der Waals surface area contributed by atoms with Crippen molar-refractivity contribution in [2.45, 2.75) is 45.8 Å². The Labute approximate surface area is 160 Å². The van der Waals surface area contributed by atoms with Crippen LogP contribution in [0.5, 0.6) is 0 Å². The zero-order valence-corrected chi connectivity index (χ0v) is 17.8. The van der Waals surface area contributed by atoms with Crippen LogP contribution in [-0.4, -0.2) is 28.1 Å². The molecule has 142 valence electrons. The molecule has 2 nitrogen and oxygen atoms in total. The average molecular weight is 371 g/mol. The Hall–Kier alpha value is -1.42. The molecule has 0 aromatic heterocycles. The predicted octanol–water partition coefficient (Wildman–Crippen LogP) is 5.74. The maximum absolute atomic E-state index is 6.43. The second-order valence-electron chi connectivity index (χ2n) is 8.28. The van der Waals surface area contributed by atoms with Gasteiger partial charge in [-0.15, -0.1) is 0 Å². The molecule has 0 bridgehead atoms. The van der Waals surface area contributed by atoms with Gasteiger partial charge in [0.05, 0.1) is 6.61 Å². The minimum atomic E-state index is -1.60. The molecule has 2 aromatic carbocycles. The Bertz CT molecular complexity index is 578. The Morgan fingerprint density at radius 3 is 1.69 bits per heavy atom. The number of hydrogen-bond donors (Lipinski definition) is 0. The fourth-order valence-electron chi connectivity index (χ4n) is 3.17. The predicted molar refractivity (Wildman–Crippen MR) is 113 cm³/mol. The van der Waals surface area contributed by atoms with Crippen LogP contribution in [0.1, 0.15) is 24.5 Å². The van der Waals surface area contributed by atoms with E-state index in [1.54, 1.807) is 0 Å². The van der Waals surface area contributed by atoms with Crippen LogP contribution < -0.4 is 0 Å². The van der Waals surface area contributed by atoms with Gasteiger partial charge in [0, 0.05) is 18.6 Å². The second-order valence-corrected chi connectivity index (χ2v) is 12.8. The first-order valence-electron chi connectivity index (χ1n) is 9.72.